The standard InChI is InChI=1S/C16H17NS/c1-2-4-8-13(7-3-1)16-12-17-11-14-9-5-6-10-15(14)18-16/h5-7,9-12H,1-4,8H2. The molecule has 2 aliphatic rings. The second-order valence-electron chi connectivity index (χ2n) is 4.74. The Morgan fingerprint density at radius 3 is 3.00 bits per heavy atom. The fourth-order valence-corrected chi connectivity index (χ4v) is 3.45. The molecule has 0 bridgehead atoms. The molecule has 0 unspecified atom stereocenters. The molecule has 0 fully saturated rings. The summed E-state index contributed by atoms with van der Waals surface area (Å²) >= 11 is 1.86. The van der Waals surface area contributed by atoms with E-state index in [4.69, 9.17) is 0 Å². The van der Waals surface area contributed by atoms with Crippen molar-refractivity contribution in [2.24, 2.45) is 4.99 Å². The van der Waals surface area contributed by atoms with Gasteiger partial charge in [-0.3, -0.25) is 4.99 Å². The van der Waals surface area contributed by atoms with Gasteiger partial charge in [-0.2, -0.15) is 0 Å². The first-order valence-corrected chi connectivity index (χ1v) is 7.45. The van der Waals surface area contributed by atoms with Gasteiger partial charge >= 0.3 is 0 Å². The molecule has 2 heteroatoms. The number of hydrogen-bond donors (Lipinski definition) is 0. The molecule has 92 valence electrons. The van der Waals surface area contributed by atoms with Crippen LogP contribution < -0.4 is 0 Å². The number of thioether (sulfide) groups is 1. The Morgan fingerprint density at radius 1 is 1.06 bits per heavy atom. The molecule has 0 spiro atoms. The quantitative estimate of drug-likeness (QED) is 0.692. The lowest BCUT2D eigenvalue weighted by molar-refractivity contribution is 0.713. The van der Waals surface area contributed by atoms with E-state index in [1.807, 2.05) is 24.2 Å². The average Bonchev–Trinajstić information content (AvgIpc) is 2.79. The van der Waals surface area contributed by atoms with Crippen molar-refractivity contribution in [1.82, 2.24) is 0 Å². The fourth-order valence-electron chi connectivity index (χ4n) is 2.40. The molecule has 1 aromatic rings. The summed E-state index contributed by atoms with van der Waals surface area (Å²) in [5, 5.41) is 0. The number of benzene rings is 1. The predicted molar refractivity (Wildman–Crippen MR) is 79.1 cm³/mol. The van der Waals surface area contributed by atoms with Gasteiger partial charge in [0, 0.05) is 27.8 Å². The van der Waals surface area contributed by atoms with Gasteiger partial charge in [-0.1, -0.05) is 42.5 Å². The van der Waals surface area contributed by atoms with Crippen molar-refractivity contribution in [2.75, 3.05) is 0 Å². The molecule has 0 aromatic heterocycles. The Morgan fingerprint density at radius 2 is 2.00 bits per heavy atom. The first-order valence-electron chi connectivity index (χ1n) is 6.63. The van der Waals surface area contributed by atoms with Gasteiger partial charge in [0.05, 0.1) is 0 Å². The van der Waals surface area contributed by atoms with Crippen molar-refractivity contribution < 1.29 is 0 Å². The van der Waals surface area contributed by atoms with Crippen molar-refractivity contribution in [3.05, 3.63) is 52.6 Å². The van der Waals surface area contributed by atoms with E-state index in [0.29, 0.717) is 0 Å². The Hall–Kier alpha value is -1.28. The summed E-state index contributed by atoms with van der Waals surface area (Å²) in [5.41, 5.74) is 2.72. The van der Waals surface area contributed by atoms with Crippen molar-refractivity contribution in [3.8, 4) is 0 Å². The highest BCUT2D eigenvalue weighted by Gasteiger charge is 2.13. The van der Waals surface area contributed by atoms with Gasteiger partial charge in [0.25, 0.3) is 0 Å². The summed E-state index contributed by atoms with van der Waals surface area (Å²) in [6.07, 6.45) is 12.8. The summed E-state index contributed by atoms with van der Waals surface area (Å²) in [5.74, 6) is 0. The van der Waals surface area contributed by atoms with E-state index < -0.39 is 0 Å². The number of aliphatic imine (C=N–C) groups is 1. The maximum atomic E-state index is 4.45. The SMILES string of the molecule is C1=NC=C(C2=CCCCCC2)Sc2ccccc21. The largest absolute Gasteiger partial charge is 0.263 e. The number of hydrogen-bond acceptors (Lipinski definition) is 2. The summed E-state index contributed by atoms with van der Waals surface area (Å²) in [7, 11) is 0. The van der Waals surface area contributed by atoms with Gasteiger partial charge in [0.15, 0.2) is 0 Å². The van der Waals surface area contributed by atoms with Gasteiger partial charge in [-0.15, -0.1) is 0 Å². The molecule has 0 N–H and O–H groups in total. The first kappa shape index (κ1) is 11.8. The van der Waals surface area contributed by atoms with Gasteiger partial charge in [-0.05, 0) is 37.3 Å². The molecule has 0 atom stereocenters. The van der Waals surface area contributed by atoms with Crippen molar-refractivity contribution in [1.29, 1.82) is 0 Å². The molecule has 0 saturated heterocycles. The summed E-state index contributed by atoms with van der Waals surface area (Å²) < 4.78 is 0. The second-order valence-corrected chi connectivity index (χ2v) is 5.82. The molecule has 1 aromatic carbocycles. The van der Waals surface area contributed by atoms with E-state index in [0.717, 1.165) is 0 Å². The van der Waals surface area contributed by atoms with Crippen LogP contribution in [0.2, 0.25) is 0 Å². The lowest BCUT2D eigenvalue weighted by atomic mass is 10.1. The van der Waals surface area contributed by atoms with Crippen molar-refractivity contribution in [2.45, 2.75) is 37.0 Å². The van der Waals surface area contributed by atoms with E-state index in [1.54, 1.807) is 0 Å². The minimum atomic E-state index is 1.20. The maximum Gasteiger partial charge on any atom is 0.0410 e. The Bertz CT molecular complexity index is 526. The highest BCUT2D eigenvalue weighted by molar-refractivity contribution is 8.03. The predicted octanol–water partition coefficient (Wildman–Crippen LogP) is 4.94. The maximum absolute atomic E-state index is 4.45. The van der Waals surface area contributed by atoms with Crippen LogP contribution in [0.1, 0.15) is 37.7 Å². The Kier molecular flexibility index (Phi) is 3.65. The number of nitrogens with zero attached hydrogens (tertiary/aromatic N) is 1. The number of rotatable bonds is 1. The molecule has 1 aliphatic heterocycles. The number of allylic oxidation sites excluding steroid dienone is 2. The molecule has 18 heavy (non-hydrogen) atoms. The van der Waals surface area contributed by atoms with Crippen LogP contribution in [0.15, 0.2) is 56.9 Å². The number of fused-ring (bicyclic) bond motifs is 1. The zero-order chi connectivity index (χ0) is 12.2. The lowest BCUT2D eigenvalue weighted by Gasteiger charge is -2.09. The Balaban J connectivity index is 1.89. The molecule has 1 nitrogen and oxygen atoms in total. The molecule has 3 rings (SSSR count). The molecular weight excluding hydrogens is 238 g/mol. The zero-order valence-electron chi connectivity index (χ0n) is 10.4. The van der Waals surface area contributed by atoms with Crippen LogP contribution in [-0.2, 0) is 0 Å². The van der Waals surface area contributed by atoms with Gasteiger partial charge in [-0.25, -0.2) is 0 Å². The fraction of sp³-hybridized carbons (Fsp3) is 0.312. The van der Waals surface area contributed by atoms with Gasteiger partial charge in [0.2, 0.25) is 0 Å². The second kappa shape index (κ2) is 5.57. The lowest BCUT2D eigenvalue weighted by Crippen LogP contribution is -1.87. The third-order valence-corrected chi connectivity index (χ3v) is 4.58. The monoisotopic (exact) mass is 255 g/mol. The molecule has 0 radical (unpaired) electrons. The van der Waals surface area contributed by atoms with E-state index in [-0.39, 0.29) is 0 Å². The van der Waals surface area contributed by atoms with Crippen LogP contribution in [-0.4, -0.2) is 6.21 Å². The van der Waals surface area contributed by atoms with Crippen LogP contribution in [0, 0.1) is 0 Å². The summed E-state index contributed by atoms with van der Waals surface area (Å²) in [4.78, 5) is 7.10. The van der Waals surface area contributed by atoms with Crippen LogP contribution in [0.3, 0.4) is 0 Å². The molecule has 0 amide bonds. The molecular formula is C16H17NS. The topological polar surface area (TPSA) is 12.4 Å². The molecule has 0 saturated carbocycles. The highest BCUT2D eigenvalue weighted by Crippen LogP contribution is 2.38. The minimum Gasteiger partial charge on any atom is -0.263 e. The zero-order valence-corrected chi connectivity index (χ0v) is 11.2. The molecule has 1 heterocycles. The van der Waals surface area contributed by atoms with Gasteiger partial charge in [0.1, 0.15) is 0 Å². The molecule has 1 aliphatic carbocycles. The van der Waals surface area contributed by atoms with E-state index in [2.05, 4.69) is 35.3 Å². The normalized spacial score (nSPS) is 19.3. The van der Waals surface area contributed by atoms with Crippen LogP contribution in [0.5, 0.6) is 0 Å². The minimum absolute atomic E-state index is 1.20. The summed E-state index contributed by atoms with van der Waals surface area (Å²) in [6, 6.07) is 8.48. The Labute approximate surface area is 113 Å². The average molecular weight is 255 g/mol. The summed E-state index contributed by atoms with van der Waals surface area (Å²) in [6.45, 7) is 0. The third-order valence-electron chi connectivity index (χ3n) is 3.40. The van der Waals surface area contributed by atoms with Crippen LogP contribution in [0.4, 0.5) is 0 Å². The van der Waals surface area contributed by atoms with E-state index in [1.165, 1.54) is 53.0 Å². The first-order chi connectivity index (χ1) is 8.93. The third kappa shape index (κ3) is 2.59. The highest BCUT2D eigenvalue weighted by atomic mass is 32.2. The van der Waals surface area contributed by atoms with Crippen LogP contribution in [0.25, 0.3) is 0 Å². The van der Waals surface area contributed by atoms with E-state index >= 15 is 0 Å². The van der Waals surface area contributed by atoms with Gasteiger partial charge < -0.3 is 0 Å². The van der Waals surface area contributed by atoms with E-state index in [9.17, 15) is 0 Å². The van der Waals surface area contributed by atoms with Crippen LogP contribution >= 0.6 is 11.8 Å². The smallest absolute Gasteiger partial charge is 0.0410 e. The van der Waals surface area contributed by atoms with Crippen molar-refractivity contribution >= 4 is 18.0 Å². The van der Waals surface area contributed by atoms with Crippen molar-refractivity contribution in [3.63, 3.8) is 0 Å².